The van der Waals surface area contributed by atoms with Crippen molar-refractivity contribution in [3.8, 4) is 0 Å². The van der Waals surface area contributed by atoms with Crippen molar-refractivity contribution in [2.24, 2.45) is 0 Å². The molecule has 2 rings (SSSR count). The summed E-state index contributed by atoms with van der Waals surface area (Å²) in [5.41, 5.74) is 0.344. The van der Waals surface area contributed by atoms with E-state index in [-0.39, 0.29) is 0 Å². The maximum absolute atomic E-state index is 12.2. The van der Waals surface area contributed by atoms with Crippen LogP contribution >= 0.6 is 0 Å². The number of unbranched alkanes of at least 4 members (excludes halogenated alkanes) is 2. The van der Waals surface area contributed by atoms with Gasteiger partial charge in [0, 0.05) is 5.39 Å². The van der Waals surface area contributed by atoms with Crippen LogP contribution in [-0.4, -0.2) is 11.7 Å². The van der Waals surface area contributed by atoms with E-state index < -0.39 is 11.7 Å². The first-order valence-corrected chi connectivity index (χ1v) is 7.99. The van der Waals surface area contributed by atoms with Crippen LogP contribution in [0.2, 0.25) is 0 Å². The lowest BCUT2D eigenvalue weighted by molar-refractivity contribution is 0.0405. The van der Waals surface area contributed by atoms with Gasteiger partial charge in [-0.05, 0) is 38.1 Å². The molecule has 118 valence electrons. The highest BCUT2D eigenvalue weighted by Crippen LogP contribution is 2.24. The van der Waals surface area contributed by atoms with Gasteiger partial charge >= 0.3 is 6.09 Å². The Morgan fingerprint density at radius 3 is 2.59 bits per heavy atom. The van der Waals surface area contributed by atoms with Crippen molar-refractivity contribution in [2.45, 2.75) is 52.1 Å². The Morgan fingerprint density at radius 1 is 1.09 bits per heavy atom. The number of carbonyl (C=O) groups is 1. The molecule has 0 unspecified atom stereocenters. The highest BCUT2D eigenvalue weighted by atomic mass is 16.6. The van der Waals surface area contributed by atoms with Gasteiger partial charge in [-0.25, -0.2) is 4.79 Å². The third-order valence-electron chi connectivity index (χ3n) is 3.78. The Balaban J connectivity index is 2.02. The monoisotopic (exact) mass is 299 g/mol. The summed E-state index contributed by atoms with van der Waals surface area (Å²) in [6.45, 7) is 6.09. The third-order valence-corrected chi connectivity index (χ3v) is 3.78. The second kappa shape index (κ2) is 7.30. The van der Waals surface area contributed by atoms with Crippen molar-refractivity contribution in [1.29, 1.82) is 0 Å². The molecule has 0 fully saturated rings. The zero-order chi connectivity index (χ0) is 16.0. The minimum Gasteiger partial charge on any atom is -0.443 e. The lowest BCUT2D eigenvalue weighted by Crippen LogP contribution is -2.30. The second-order valence-corrected chi connectivity index (χ2v) is 6.26. The highest BCUT2D eigenvalue weighted by molar-refractivity contribution is 6.00. The lowest BCUT2D eigenvalue weighted by atomic mass is 10.0. The van der Waals surface area contributed by atoms with Crippen molar-refractivity contribution >= 4 is 22.6 Å². The quantitative estimate of drug-likeness (QED) is 0.690. The van der Waals surface area contributed by atoms with Crippen LogP contribution in [0.15, 0.2) is 42.5 Å². The molecule has 0 aliphatic rings. The topological polar surface area (TPSA) is 38.3 Å². The van der Waals surface area contributed by atoms with E-state index in [0.29, 0.717) is 0 Å². The van der Waals surface area contributed by atoms with Gasteiger partial charge in [0.05, 0.1) is 5.69 Å². The van der Waals surface area contributed by atoms with E-state index >= 15 is 0 Å². The van der Waals surface area contributed by atoms with Crippen LogP contribution in [0.4, 0.5) is 10.5 Å². The van der Waals surface area contributed by atoms with Crippen molar-refractivity contribution in [2.75, 3.05) is 5.32 Å². The molecule has 2 aromatic carbocycles. The van der Waals surface area contributed by atoms with Gasteiger partial charge in [-0.2, -0.15) is 0 Å². The van der Waals surface area contributed by atoms with Gasteiger partial charge in [0.15, 0.2) is 0 Å². The van der Waals surface area contributed by atoms with E-state index in [1.54, 1.807) is 0 Å². The van der Waals surface area contributed by atoms with E-state index in [9.17, 15) is 4.79 Å². The summed E-state index contributed by atoms with van der Waals surface area (Å²) in [7, 11) is 0. The SMILES string of the molecule is CCCCCC(C)(C)OC(=O)Nc1cccc2ccccc12. The van der Waals surface area contributed by atoms with E-state index in [1.807, 2.05) is 56.3 Å². The van der Waals surface area contributed by atoms with Crippen LogP contribution < -0.4 is 5.32 Å². The molecule has 0 atom stereocenters. The first-order chi connectivity index (χ1) is 10.5. The van der Waals surface area contributed by atoms with Crippen molar-refractivity contribution in [3.05, 3.63) is 42.5 Å². The zero-order valence-electron chi connectivity index (χ0n) is 13.7. The van der Waals surface area contributed by atoms with E-state index in [2.05, 4.69) is 12.2 Å². The van der Waals surface area contributed by atoms with Crippen LogP contribution in [0.25, 0.3) is 10.8 Å². The third kappa shape index (κ3) is 4.48. The van der Waals surface area contributed by atoms with Crippen LogP contribution in [-0.2, 0) is 4.74 Å². The molecule has 0 aromatic heterocycles. The van der Waals surface area contributed by atoms with Crippen molar-refractivity contribution < 1.29 is 9.53 Å². The van der Waals surface area contributed by atoms with Crippen molar-refractivity contribution in [3.63, 3.8) is 0 Å². The highest BCUT2D eigenvalue weighted by Gasteiger charge is 2.22. The average Bonchev–Trinajstić information content (AvgIpc) is 2.47. The predicted octanol–water partition coefficient (Wildman–Crippen LogP) is 5.75. The fourth-order valence-corrected chi connectivity index (χ4v) is 2.57. The van der Waals surface area contributed by atoms with Crippen LogP contribution in [0.1, 0.15) is 46.5 Å². The first kappa shape index (κ1) is 16.3. The number of nitrogens with one attached hydrogen (secondary N) is 1. The van der Waals surface area contributed by atoms with Gasteiger partial charge in [0.1, 0.15) is 5.60 Å². The maximum atomic E-state index is 12.2. The predicted molar refractivity (Wildman–Crippen MR) is 92.3 cm³/mol. The summed E-state index contributed by atoms with van der Waals surface area (Å²) in [6, 6.07) is 13.8. The number of rotatable bonds is 6. The standard InChI is InChI=1S/C19H25NO2/c1-4-5-8-14-19(2,3)22-18(21)20-17-13-9-11-15-10-6-7-12-16(15)17/h6-7,9-13H,4-5,8,14H2,1-3H3,(H,20,21). The van der Waals surface area contributed by atoms with Crippen molar-refractivity contribution in [1.82, 2.24) is 0 Å². The normalized spacial score (nSPS) is 11.4. The number of anilines is 1. The van der Waals surface area contributed by atoms with Crippen LogP contribution in [0, 0.1) is 0 Å². The van der Waals surface area contributed by atoms with E-state index in [4.69, 9.17) is 4.74 Å². The second-order valence-electron chi connectivity index (χ2n) is 6.26. The number of amides is 1. The molecular weight excluding hydrogens is 274 g/mol. The molecule has 0 aliphatic carbocycles. The summed E-state index contributed by atoms with van der Waals surface area (Å²) in [5.74, 6) is 0. The summed E-state index contributed by atoms with van der Waals surface area (Å²) < 4.78 is 5.59. The molecule has 3 heteroatoms. The number of ether oxygens (including phenoxy) is 1. The Morgan fingerprint density at radius 2 is 1.82 bits per heavy atom. The number of fused-ring (bicyclic) bond motifs is 1. The minimum atomic E-state index is -0.441. The molecule has 2 aromatic rings. The molecule has 0 saturated heterocycles. The maximum Gasteiger partial charge on any atom is 0.412 e. The molecular formula is C19H25NO2. The molecule has 0 saturated carbocycles. The number of carbonyl (C=O) groups excluding carboxylic acids is 1. The van der Waals surface area contributed by atoms with Gasteiger partial charge in [-0.15, -0.1) is 0 Å². The summed E-state index contributed by atoms with van der Waals surface area (Å²) in [4.78, 5) is 12.2. The fourth-order valence-electron chi connectivity index (χ4n) is 2.57. The van der Waals surface area contributed by atoms with E-state index in [1.165, 1.54) is 0 Å². The molecule has 0 aliphatic heterocycles. The summed E-state index contributed by atoms with van der Waals surface area (Å²) in [6.07, 6.45) is 3.89. The number of benzene rings is 2. The molecule has 1 N–H and O–H groups in total. The van der Waals surface area contributed by atoms with E-state index in [0.717, 1.165) is 42.1 Å². The molecule has 3 nitrogen and oxygen atoms in total. The Labute approximate surface area is 132 Å². The number of hydrogen-bond acceptors (Lipinski definition) is 2. The molecule has 0 spiro atoms. The minimum absolute atomic E-state index is 0.391. The van der Waals surface area contributed by atoms with Gasteiger partial charge < -0.3 is 4.74 Å². The molecule has 1 amide bonds. The van der Waals surface area contributed by atoms with Gasteiger partial charge in [0.2, 0.25) is 0 Å². The van der Waals surface area contributed by atoms with Gasteiger partial charge in [-0.3, -0.25) is 5.32 Å². The average molecular weight is 299 g/mol. The fraction of sp³-hybridized carbons (Fsp3) is 0.421. The largest absolute Gasteiger partial charge is 0.443 e. The Bertz CT molecular complexity index is 629. The van der Waals surface area contributed by atoms with Crippen LogP contribution in [0.5, 0.6) is 0 Å². The Kier molecular flexibility index (Phi) is 5.42. The smallest absolute Gasteiger partial charge is 0.412 e. The molecule has 0 heterocycles. The lowest BCUT2D eigenvalue weighted by Gasteiger charge is -2.25. The molecule has 0 radical (unpaired) electrons. The summed E-state index contributed by atoms with van der Waals surface area (Å²) in [5, 5.41) is 4.99. The van der Waals surface area contributed by atoms with Crippen LogP contribution in [0.3, 0.4) is 0 Å². The zero-order valence-corrected chi connectivity index (χ0v) is 13.7. The molecule has 0 bridgehead atoms. The first-order valence-electron chi connectivity index (χ1n) is 7.99. The number of hydrogen-bond donors (Lipinski definition) is 1. The Hall–Kier alpha value is -2.03. The van der Waals surface area contributed by atoms with Gasteiger partial charge in [0.25, 0.3) is 0 Å². The van der Waals surface area contributed by atoms with Gasteiger partial charge in [-0.1, -0.05) is 56.2 Å². The summed E-state index contributed by atoms with van der Waals surface area (Å²) >= 11 is 0. The molecule has 22 heavy (non-hydrogen) atoms.